The minimum Gasteiger partial charge on any atom is -0.304 e. The number of nitrogens with zero attached hydrogens (tertiary/aromatic N) is 2. The molecule has 2 aromatic heterocycles. The monoisotopic (exact) mass is 382 g/mol. The van der Waals surface area contributed by atoms with Crippen LogP contribution < -0.4 is 4.80 Å². The maximum absolute atomic E-state index is 12.4. The minimum atomic E-state index is -3.81. The van der Waals surface area contributed by atoms with Crippen LogP contribution in [0.5, 0.6) is 0 Å². The normalized spacial score (nSPS) is 12.7. The summed E-state index contributed by atoms with van der Waals surface area (Å²) in [6.45, 7) is 2.23. The molecule has 2 heterocycles. The molecule has 3 rings (SSSR count). The summed E-state index contributed by atoms with van der Waals surface area (Å²) in [5, 5.41) is 0. The fraction of sp³-hybridized carbons (Fsp3) is 0.133. The van der Waals surface area contributed by atoms with E-state index in [9.17, 15) is 8.42 Å². The smallest absolute Gasteiger partial charge is 0.294 e. The van der Waals surface area contributed by atoms with Crippen molar-refractivity contribution in [2.45, 2.75) is 17.7 Å². The number of hydrogen-bond donors (Lipinski definition) is 0. The molecule has 0 radical (unpaired) electrons. The zero-order chi connectivity index (χ0) is 16.6. The summed E-state index contributed by atoms with van der Waals surface area (Å²) in [6.07, 6.45) is 5.42. The highest BCUT2D eigenvalue weighted by molar-refractivity contribution is 7.92. The molecule has 0 spiro atoms. The average Bonchev–Trinajstić information content (AvgIpc) is 3.04. The SMILES string of the molecule is C#CCn1c(=NS(=O)(=O)c2ccc(Cl)s2)sc2cc(C)ccc21. The van der Waals surface area contributed by atoms with Crippen molar-refractivity contribution in [1.29, 1.82) is 0 Å². The highest BCUT2D eigenvalue weighted by atomic mass is 35.5. The Morgan fingerprint density at radius 3 is 2.74 bits per heavy atom. The lowest BCUT2D eigenvalue weighted by Crippen LogP contribution is -2.16. The third kappa shape index (κ3) is 3.21. The van der Waals surface area contributed by atoms with Gasteiger partial charge in [-0.15, -0.1) is 22.2 Å². The largest absolute Gasteiger partial charge is 0.304 e. The predicted molar refractivity (Wildman–Crippen MR) is 95.5 cm³/mol. The van der Waals surface area contributed by atoms with Gasteiger partial charge in [0.25, 0.3) is 10.0 Å². The topological polar surface area (TPSA) is 51.4 Å². The Bertz CT molecular complexity index is 1100. The zero-order valence-electron chi connectivity index (χ0n) is 12.0. The van der Waals surface area contributed by atoms with Gasteiger partial charge in [0, 0.05) is 0 Å². The number of thiazole rings is 1. The molecule has 118 valence electrons. The minimum absolute atomic E-state index is 0.114. The summed E-state index contributed by atoms with van der Waals surface area (Å²) >= 11 is 8.10. The van der Waals surface area contributed by atoms with Crippen LogP contribution in [0.4, 0.5) is 0 Å². The Morgan fingerprint density at radius 1 is 1.30 bits per heavy atom. The molecule has 0 unspecified atom stereocenters. The van der Waals surface area contributed by atoms with E-state index in [1.165, 1.54) is 17.4 Å². The molecule has 23 heavy (non-hydrogen) atoms. The van der Waals surface area contributed by atoms with Crippen molar-refractivity contribution >= 4 is 54.5 Å². The van der Waals surface area contributed by atoms with E-state index in [4.69, 9.17) is 18.0 Å². The van der Waals surface area contributed by atoms with Crippen molar-refractivity contribution in [3.63, 3.8) is 0 Å². The van der Waals surface area contributed by atoms with Crippen LogP contribution in [0, 0.1) is 19.3 Å². The quantitative estimate of drug-likeness (QED) is 0.649. The third-order valence-electron chi connectivity index (χ3n) is 3.09. The Labute approximate surface area is 146 Å². The maximum atomic E-state index is 12.4. The molecule has 8 heteroatoms. The molecule has 0 amide bonds. The van der Waals surface area contributed by atoms with Gasteiger partial charge in [-0.05, 0) is 36.8 Å². The van der Waals surface area contributed by atoms with Gasteiger partial charge in [-0.2, -0.15) is 8.42 Å². The lowest BCUT2D eigenvalue weighted by Gasteiger charge is -2.00. The molecule has 3 aromatic rings. The molecule has 0 aliphatic carbocycles. The van der Waals surface area contributed by atoms with Crippen molar-refractivity contribution in [3.8, 4) is 12.3 Å². The standard InChI is InChI=1S/C15H11ClN2O2S3/c1-3-8-18-11-5-4-10(2)9-12(11)21-15(18)17-23(19,20)14-7-6-13(16)22-14/h1,4-7,9H,8H2,2H3. The predicted octanol–water partition coefficient (Wildman–Crippen LogP) is 3.65. The summed E-state index contributed by atoms with van der Waals surface area (Å²) in [7, 11) is -3.81. The first-order valence-electron chi connectivity index (χ1n) is 6.50. The molecule has 0 aliphatic heterocycles. The van der Waals surface area contributed by atoms with E-state index in [0.29, 0.717) is 9.14 Å². The van der Waals surface area contributed by atoms with Gasteiger partial charge in [0.2, 0.25) is 4.80 Å². The molecule has 4 nitrogen and oxygen atoms in total. The molecular weight excluding hydrogens is 372 g/mol. The average molecular weight is 383 g/mol. The van der Waals surface area contributed by atoms with Gasteiger partial charge in [0.05, 0.1) is 21.1 Å². The number of aromatic nitrogens is 1. The Kier molecular flexibility index (Phi) is 4.34. The number of hydrogen-bond acceptors (Lipinski definition) is 4. The van der Waals surface area contributed by atoms with Crippen LogP contribution in [-0.2, 0) is 16.6 Å². The summed E-state index contributed by atoms with van der Waals surface area (Å²) in [5.74, 6) is 2.54. The first-order valence-corrected chi connectivity index (χ1v) is 9.95. The van der Waals surface area contributed by atoms with E-state index < -0.39 is 10.0 Å². The first-order chi connectivity index (χ1) is 10.9. The molecule has 0 saturated carbocycles. The van der Waals surface area contributed by atoms with Crippen LogP contribution in [-0.4, -0.2) is 13.0 Å². The lowest BCUT2D eigenvalue weighted by molar-refractivity contribution is 0.598. The maximum Gasteiger partial charge on any atom is 0.294 e. The highest BCUT2D eigenvalue weighted by Gasteiger charge is 2.17. The summed E-state index contributed by atoms with van der Waals surface area (Å²) < 4.78 is 32.0. The van der Waals surface area contributed by atoms with E-state index in [1.54, 1.807) is 10.6 Å². The van der Waals surface area contributed by atoms with Crippen LogP contribution in [0.25, 0.3) is 10.2 Å². The second-order valence-electron chi connectivity index (χ2n) is 4.77. The zero-order valence-corrected chi connectivity index (χ0v) is 15.2. The van der Waals surface area contributed by atoms with Crippen LogP contribution in [0.2, 0.25) is 4.34 Å². The van der Waals surface area contributed by atoms with Crippen LogP contribution >= 0.6 is 34.3 Å². The molecule has 0 bridgehead atoms. The van der Waals surface area contributed by atoms with E-state index in [0.717, 1.165) is 27.1 Å². The summed E-state index contributed by atoms with van der Waals surface area (Å²) in [4.78, 5) is 0.355. The number of rotatable bonds is 3. The fourth-order valence-corrected chi connectivity index (χ4v) is 5.87. The van der Waals surface area contributed by atoms with Crippen LogP contribution in [0.1, 0.15) is 5.56 Å². The van der Waals surface area contributed by atoms with Crippen molar-refractivity contribution in [2.24, 2.45) is 4.40 Å². The van der Waals surface area contributed by atoms with Gasteiger partial charge < -0.3 is 4.57 Å². The van der Waals surface area contributed by atoms with Crippen molar-refractivity contribution in [1.82, 2.24) is 4.57 Å². The van der Waals surface area contributed by atoms with E-state index in [1.807, 2.05) is 25.1 Å². The van der Waals surface area contributed by atoms with Crippen molar-refractivity contribution in [2.75, 3.05) is 0 Å². The van der Waals surface area contributed by atoms with Crippen molar-refractivity contribution in [3.05, 3.63) is 45.0 Å². The Hall–Kier alpha value is -1.59. The van der Waals surface area contributed by atoms with E-state index >= 15 is 0 Å². The fourth-order valence-electron chi connectivity index (χ4n) is 2.08. The number of fused-ring (bicyclic) bond motifs is 1. The van der Waals surface area contributed by atoms with E-state index in [-0.39, 0.29) is 10.8 Å². The van der Waals surface area contributed by atoms with Gasteiger partial charge in [0.15, 0.2) is 0 Å². The molecule has 0 atom stereocenters. The molecule has 1 aromatic carbocycles. The van der Waals surface area contributed by atoms with Gasteiger partial charge in [-0.25, -0.2) is 0 Å². The van der Waals surface area contributed by atoms with Gasteiger partial charge >= 0.3 is 0 Å². The molecule has 0 saturated heterocycles. The number of terminal acetylenes is 1. The molecular formula is C15H11ClN2O2S3. The van der Waals surface area contributed by atoms with Gasteiger partial charge in [0.1, 0.15) is 4.21 Å². The molecule has 0 aliphatic rings. The molecule has 0 fully saturated rings. The number of halogens is 1. The van der Waals surface area contributed by atoms with Crippen LogP contribution in [0.15, 0.2) is 38.9 Å². The lowest BCUT2D eigenvalue weighted by atomic mass is 10.2. The summed E-state index contributed by atoms with van der Waals surface area (Å²) in [5.41, 5.74) is 1.96. The van der Waals surface area contributed by atoms with E-state index in [2.05, 4.69) is 10.3 Å². The number of aryl methyl sites for hydroxylation is 1. The van der Waals surface area contributed by atoms with Crippen molar-refractivity contribution < 1.29 is 8.42 Å². The van der Waals surface area contributed by atoms with Gasteiger partial charge in [-0.1, -0.05) is 34.9 Å². The summed E-state index contributed by atoms with van der Waals surface area (Å²) in [6, 6.07) is 8.86. The van der Waals surface area contributed by atoms with Crippen LogP contribution in [0.3, 0.4) is 0 Å². The second kappa shape index (κ2) is 6.13. The number of benzene rings is 1. The Balaban J connectivity index is 2.26. The first kappa shape index (κ1) is 16.3. The molecule has 0 N–H and O–H groups in total. The number of thiophene rings is 1. The highest BCUT2D eigenvalue weighted by Crippen LogP contribution is 2.27. The second-order valence-corrected chi connectivity index (χ2v) is 9.33. The third-order valence-corrected chi connectivity index (χ3v) is 7.21. The Morgan fingerprint density at radius 2 is 2.09 bits per heavy atom. The van der Waals surface area contributed by atoms with Gasteiger partial charge in [-0.3, -0.25) is 0 Å². The number of sulfonamides is 1.